The molecule has 0 saturated carbocycles. The summed E-state index contributed by atoms with van der Waals surface area (Å²) in [6, 6.07) is 17.1. The maximum atomic E-state index is 12.9. The summed E-state index contributed by atoms with van der Waals surface area (Å²) in [4.78, 5) is 12.0. The first kappa shape index (κ1) is 20.6. The number of benzene rings is 3. The second-order valence-electron chi connectivity index (χ2n) is 5.93. The Morgan fingerprint density at radius 2 is 1.48 bits per heavy atom. The average molecular weight is 435 g/mol. The normalized spacial score (nSPS) is 11.0. The summed E-state index contributed by atoms with van der Waals surface area (Å²) in [7, 11) is -3.84. The number of sulfonamides is 1. The molecule has 29 heavy (non-hydrogen) atoms. The third-order valence-electron chi connectivity index (χ3n) is 3.73. The van der Waals surface area contributed by atoms with Crippen LogP contribution in [0.2, 0.25) is 5.02 Å². The van der Waals surface area contributed by atoms with Gasteiger partial charge in [-0.2, -0.15) is 0 Å². The van der Waals surface area contributed by atoms with E-state index in [1.54, 1.807) is 24.3 Å². The van der Waals surface area contributed by atoms with E-state index in [0.717, 1.165) is 12.1 Å². The van der Waals surface area contributed by atoms with Crippen molar-refractivity contribution in [1.29, 1.82) is 0 Å². The van der Waals surface area contributed by atoms with Crippen LogP contribution in [0.5, 0.6) is 5.75 Å². The zero-order valence-electron chi connectivity index (χ0n) is 14.9. The molecule has 3 rings (SSSR count). The number of hydrogen-bond acceptors (Lipinski definition) is 4. The molecule has 0 atom stereocenters. The van der Waals surface area contributed by atoms with Gasteiger partial charge in [0.15, 0.2) is 6.61 Å². The molecule has 3 aromatic rings. The number of anilines is 2. The molecule has 150 valence electrons. The Hall–Kier alpha value is -3.10. The second kappa shape index (κ2) is 8.93. The van der Waals surface area contributed by atoms with Gasteiger partial charge in [0.25, 0.3) is 15.9 Å². The Balaban J connectivity index is 1.58. The van der Waals surface area contributed by atoms with E-state index in [0.29, 0.717) is 16.5 Å². The fourth-order valence-electron chi connectivity index (χ4n) is 2.33. The highest BCUT2D eigenvalue weighted by molar-refractivity contribution is 7.92. The smallest absolute Gasteiger partial charge is 0.262 e. The topological polar surface area (TPSA) is 84.5 Å². The van der Waals surface area contributed by atoms with E-state index in [2.05, 4.69) is 10.0 Å². The van der Waals surface area contributed by atoms with Gasteiger partial charge in [0.05, 0.1) is 4.90 Å². The van der Waals surface area contributed by atoms with Crippen LogP contribution >= 0.6 is 11.6 Å². The van der Waals surface area contributed by atoms with Crippen LogP contribution in [0.15, 0.2) is 77.7 Å². The fraction of sp³-hybridized carbons (Fsp3) is 0.0500. The lowest BCUT2D eigenvalue weighted by molar-refractivity contribution is -0.118. The second-order valence-corrected chi connectivity index (χ2v) is 8.05. The van der Waals surface area contributed by atoms with E-state index < -0.39 is 21.7 Å². The maximum Gasteiger partial charge on any atom is 0.262 e. The highest BCUT2D eigenvalue weighted by Gasteiger charge is 2.14. The van der Waals surface area contributed by atoms with Gasteiger partial charge < -0.3 is 10.1 Å². The lowest BCUT2D eigenvalue weighted by atomic mass is 10.3. The van der Waals surface area contributed by atoms with E-state index in [1.807, 2.05) is 0 Å². The van der Waals surface area contributed by atoms with Crippen LogP contribution in [0.3, 0.4) is 0 Å². The summed E-state index contributed by atoms with van der Waals surface area (Å²) >= 11 is 5.78. The van der Waals surface area contributed by atoms with E-state index in [1.165, 1.54) is 36.4 Å². The van der Waals surface area contributed by atoms with Crippen molar-refractivity contribution in [3.05, 3.63) is 83.6 Å². The number of rotatable bonds is 7. The van der Waals surface area contributed by atoms with Crippen molar-refractivity contribution in [1.82, 2.24) is 0 Å². The van der Waals surface area contributed by atoms with Gasteiger partial charge in [0.1, 0.15) is 11.6 Å². The Morgan fingerprint density at radius 3 is 2.10 bits per heavy atom. The molecule has 0 unspecified atom stereocenters. The van der Waals surface area contributed by atoms with Gasteiger partial charge in [0, 0.05) is 16.4 Å². The van der Waals surface area contributed by atoms with Gasteiger partial charge in [-0.05, 0) is 72.8 Å². The van der Waals surface area contributed by atoms with Gasteiger partial charge in [-0.3, -0.25) is 9.52 Å². The van der Waals surface area contributed by atoms with Crippen LogP contribution in [0, 0.1) is 5.82 Å². The molecule has 3 aromatic carbocycles. The molecular formula is C20H16ClFN2O4S. The molecule has 0 aliphatic carbocycles. The zero-order chi connectivity index (χ0) is 20.9. The van der Waals surface area contributed by atoms with E-state index in [-0.39, 0.29) is 17.2 Å². The Kier molecular flexibility index (Phi) is 6.36. The Labute approximate surface area is 172 Å². The Morgan fingerprint density at radius 1 is 0.897 bits per heavy atom. The van der Waals surface area contributed by atoms with Crippen molar-refractivity contribution >= 4 is 38.9 Å². The van der Waals surface area contributed by atoms with Crippen molar-refractivity contribution in [3.63, 3.8) is 0 Å². The highest BCUT2D eigenvalue weighted by atomic mass is 35.5. The van der Waals surface area contributed by atoms with Crippen LogP contribution in [-0.2, 0) is 14.8 Å². The van der Waals surface area contributed by atoms with E-state index >= 15 is 0 Å². The zero-order valence-corrected chi connectivity index (χ0v) is 16.5. The molecule has 0 bridgehead atoms. The average Bonchev–Trinajstić information content (AvgIpc) is 2.70. The molecule has 2 N–H and O–H groups in total. The highest BCUT2D eigenvalue weighted by Crippen LogP contribution is 2.19. The van der Waals surface area contributed by atoms with Gasteiger partial charge >= 0.3 is 0 Å². The lowest BCUT2D eigenvalue weighted by Crippen LogP contribution is -2.20. The minimum atomic E-state index is -3.84. The van der Waals surface area contributed by atoms with Gasteiger partial charge in [-0.1, -0.05) is 11.6 Å². The molecule has 0 spiro atoms. The molecule has 9 heteroatoms. The first-order chi connectivity index (χ1) is 13.8. The van der Waals surface area contributed by atoms with Crippen molar-refractivity contribution < 1.29 is 22.3 Å². The van der Waals surface area contributed by atoms with Gasteiger partial charge in [-0.15, -0.1) is 0 Å². The third kappa shape index (κ3) is 5.94. The predicted molar refractivity (Wildman–Crippen MR) is 109 cm³/mol. The molecule has 6 nitrogen and oxygen atoms in total. The van der Waals surface area contributed by atoms with Crippen molar-refractivity contribution in [3.8, 4) is 5.75 Å². The summed E-state index contributed by atoms with van der Waals surface area (Å²) < 4.78 is 45.4. The summed E-state index contributed by atoms with van der Waals surface area (Å²) in [5.41, 5.74) is 0.651. The summed E-state index contributed by atoms with van der Waals surface area (Å²) in [5.74, 6) is -0.370. The fourth-order valence-corrected chi connectivity index (χ4v) is 3.51. The monoisotopic (exact) mass is 434 g/mol. The molecule has 0 heterocycles. The lowest BCUT2D eigenvalue weighted by Gasteiger charge is -2.10. The molecule has 0 fully saturated rings. The quantitative estimate of drug-likeness (QED) is 0.580. The van der Waals surface area contributed by atoms with E-state index in [4.69, 9.17) is 16.3 Å². The number of carbonyl (C=O) groups is 1. The summed E-state index contributed by atoms with van der Waals surface area (Å²) in [5, 5.41) is 3.17. The molecule has 1 amide bonds. The molecule has 0 aliphatic rings. The standard InChI is InChI=1S/C20H16ClFN2O4S/c21-14-1-9-18(10-2-14)28-13-20(25)23-16-7-11-19(12-8-16)29(26,27)24-17-5-3-15(22)4-6-17/h1-12,24H,13H2,(H,23,25). The predicted octanol–water partition coefficient (Wildman–Crippen LogP) is 4.30. The van der Waals surface area contributed by atoms with Crippen LogP contribution in [-0.4, -0.2) is 20.9 Å². The molecule has 0 aromatic heterocycles. The van der Waals surface area contributed by atoms with Crippen molar-refractivity contribution in [2.24, 2.45) is 0 Å². The van der Waals surface area contributed by atoms with Crippen molar-refractivity contribution in [2.75, 3.05) is 16.6 Å². The molecule has 0 saturated heterocycles. The number of amides is 1. The number of halogens is 2. The minimum absolute atomic E-state index is 0.00256. The van der Waals surface area contributed by atoms with Gasteiger partial charge in [0.2, 0.25) is 0 Å². The number of carbonyl (C=O) groups excluding carboxylic acids is 1. The molecule has 0 radical (unpaired) electrons. The first-order valence-corrected chi connectivity index (χ1v) is 10.2. The van der Waals surface area contributed by atoms with Crippen molar-refractivity contribution in [2.45, 2.75) is 4.90 Å². The maximum absolute atomic E-state index is 12.9. The number of ether oxygens (including phenoxy) is 1. The summed E-state index contributed by atoms with van der Waals surface area (Å²) in [6.45, 7) is -0.214. The van der Waals surface area contributed by atoms with Gasteiger partial charge in [-0.25, -0.2) is 12.8 Å². The Bertz CT molecular complexity index is 1090. The number of nitrogens with one attached hydrogen (secondary N) is 2. The largest absolute Gasteiger partial charge is 0.484 e. The van der Waals surface area contributed by atoms with Crippen LogP contribution in [0.1, 0.15) is 0 Å². The molecular weight excluding hydrogens is 419 g/mol. The first-order valence-electron chi connectivity index (χ1n) is 8.38. The van der Waals surface area contributed by atoms with E-state index in [9.17, 15) is 17.6 Å². The number of hydrogen-bond donors (Lipinski definition) is 2. The van der Waals surface area contributed by atoms with Crippen LogP contribution in [0.25, 0.3) is 0 Å². The molecule has 0 aliphatic heterocycles. The SMILES string of the molecule is O=C(COc1ccc(Cl)cc1)Nc1ccc(S(=O)(=O)Nc2ccc(F)cc2)cc1. The summed E-state index contributed by atoms with van der Waals surface area (Å²) in [6.07, 6.45) is 0. The third-order valence-corrected chi connectivity index (χ3v) is 5.38. The van der Waals surface area contributed by atoms with Crippen LogP contribution < -0.4 is 14.8 Å². The van der Waals surface area contributed by atoms with Crippen LogP contribution in [0.4, 0.5) is 15.8 Å². The minimum Gasteiger partial charge on any atom is -0.484 e.